The van der Waals surface area contributed by atoms with Crippen LogP contribution < -0.4 is 5.32 Å². The molecule has 0 unspecified atom stereocenters. The van der Waals surface area contributed by atoms with Gasteiger partial charge in [0.1, 0.15) is 11.6 Å². The minimum atomic E-state index is -0.500. The summed E-state index contributed by atoms with van der Waals surface area (Å²) in [4.78, 5) is 18.0. The molecule has 0 saturated heterocycles. The van der Waals surface area contributed by atoms with Crippen LogP contribution in [0.15, 0.2) is 12.3 Å². The second-order valence-corrected chi connectivity index (χ2v) is 4.26. The Hall–Kier alpha value is -1.65. The molecule has 0 spiro atoms. The average molecular weight is 253 g/mol. The van der Waals surface area contributed by atoms with Crippen molar-refractivity contribution in [1.82, 2.24) is 9.88 Å². The molecule has 18 heavy (non-hydrogen) atoms. The Balaban J connectivity index is 3.13. The first-order valence-corrected chi connectivity index (χ1v) is 6.21. The largest absolute Gasteiger partial charge is 0.370 e. The second-order valence-electron chi connectivity index (χ2n) is 4.26. The molecule has 1 amide bonds. The highest BCUT2D eigenvalue weighted by atomic mass is 19.1. The summed E-state index contributed by atoms with van der Waals surface area (Å²) in [6.45, 7) is 8.88. The Morgan fingerprint density at radius 3 is 2.67 bits per heavy atom. The Morgan fingerprint density at radius 1 is 1.50 bits per heavy atom. The SMILES string of the molecule is CCNc1ncc(F)cc1C(=O)N(CC)C(C)C. The van der Waals surface area contributed by atoms with Crippen LogP contribution in [-0.4, -0.2) is 34.9 Å². The van der Waals surface area contributed by atoms with E-state index in [4.69, 9.17) is 0 Å². The molecule has 0 aromatic carbocycles. The van der Waals surface area contributed by atoms with Gasteiger partial charge in [-0.25, -0.2) is 9.37 Å². The Labute approximate surface area is 107 Å². The van der Waals surface area contributed by atoms with Crippen molar-refractivity contribution in [2.24, 2.45) is 0 Å². The van der Waals surface area contributed by atoms with E-state index in [0.29, 0.717) is 18.9 Å². The van der Waals surface area contributed by atoms with Gasteiger partial charge in [-0.1, -0.05) is 0 Å². The Bertz CT molecular complexity index is 421. The zero-order valence-electron chi connectivity index (χ0n) is 11.3. The van der Waals surface area contributed by atoms with Crippen LogP contribution in [0.1, 0.15) is 38.1 Å². The lowest BCUT2D eigenvalue weighted by Crippen LogP contribution is -2.37. The summed E-state index contributed by atoms with van der Waals surface area (Å²) >= 11 is 0. The highest BCUT2D eigenvalue weighted by Gasteiger charge is 2.21. The minimum Gasteiger partial charge on any atom is -0.370 e. The monoisotopic (exact) mass is 253 g/mol. The molecule has 5 heteroatoms. The number of nitrogens with one attached hydrogen (secondary N) is 1. The van der Waals surface area contributed by atoms with Crippen LogP contribution in [0.25, 0.3) is 0 Å². The van der Waals surface area contributed by atoms with Gasteiger partial charge in [0, 0.05) is 19.1 Å². The molecule has 1 aromatic heterocycles. The molecule has 100 valence electrons. The fourth-order valence-corrected chi connectivity index (χ4v) is 1.81. The molecule has 0 saturated carbocycles. The predicted octanol–water partition coefficient (Wildman–Crippen LogP) is 2.52. The van der Waals surface area contributed by atoms with Crippen LogP contribution in [0.3, 0.4) is 0 Å². The van der Waals surface area contributed by atoms with Gasteiger partial charge in [-0.05, 0) is 33.8 Å². The van der Waals surface area contributed by atoms with Crippen molar-refractivity contribution in [2.45, 2.75) is 33.7 Å². The first-order chi connectivity index (χ1) is 8.51. The zero-order chi connectivity index (χ0) is 13.7. The quantitative estimate of drug-likeness (QED) is 0.877. The summed E-state index contributed by atoms with van der Waals surface area (Å²) in [5.74, 6) is -0.265. The topological polar surface area (TPSA) is 45.2 Å². The van der Waals surface area contributed by atoms with Crippen LogP contribution in [-0.2, 0) is 0 Å². The number of nitrogens with zero attached hydrogens (tertiary/aromatic N) is 2. The van der Waals surface area contributed by atoms with E-state index >= 15 is 0 Å². The van der Waals surface area contributed by atoms with Gasteiger partial charge in [-0.2, -0.15) is 0 Å². The second kappa shape index (κ2) is 6.33. The normalized spacial score (nSPS) is 10.6. The number of anilines is 1. The third-order valence-electron chi connectivity index (χ3n) is 2.65. The van der Waals surface area contributed by atoms with Gasteiger partial charge in [0.15, 0.2) is 0 Å². The van der Waals surface area contributed by atoms with E-state index < -0.39 is 5.82 Å². The van der Waals surface area contributed by atoms with Gasteiger partial charge in [-0.3, -0.25) is 4.79 Å². The number of amides is 1. The predicted molar refractivity (Wildman–Crippen MR) is 70.2 cm³/mol. The van der Waals surface area contributed by atoms with Crippen LogP contribution in [0.4, 0.5) is 10.2 Å². The van der Waals surface area contributed by atoms with Gasteiger partial charge < -0.3 is 10.2 Å². The molecular weight excluding hydrogens is 233 g/mol. The smallest absolute Gasteiger partial charge is 0.257 e. The fourth-order valence-electron chi connectivity index (χ4n) is 1.81. The zero-order valence-corrected chi connectivity index (χ0v) is 11.3. The molecule has 0 fully saturated rings. The van der Waals surface area contributed by atoms with Crippen molar-refractivity contribution in [2.75, 3.05) is 18.4 Å². The minimum absolute atomic E-state index is 0.0697. The first kappa shape index (κ1) is 14.4. The van der Waals surface area contributed by atoms with Crippen LogP contribution in [0, 0.1) is 5.82 Å². The van der Waals surface area contributed by atoms with Gasteiger partial charge in [0.25, 0.3) is 5.91 Å². The van der Waals surface area contributed by atoms with E-state index in [2.05, 4.69) is 10.3 Å². The molecule has 1 N–H and O–H groups in total. The van der Waals surface area contributed by atoms with Crippen molar-refractivity contribution < 1.29 is 9.18 Å². The molecule has 0 radical (unpaired) electrons. The molecule has 0 aliphatic rings. The molecule has 0 aliphatic heterocycles. The standard InChI is InChI=1S/C13H20FN3O/c1-5-15-12-11(7-10(14)8-16-12)13(18)17(6-2)9(3)4/h7-9H,5-6H2,1-4H3,(H,15,16). The number of pyridine rings is 1. The van der Waals surface area contributed by atoms with Gasteiger partial charge in [-0.15, -0.1) is 0 Å². The molecule has 1 rings (SSSR count). The number of aromatic nitrogens is 1. The van der Waals surface area contributed by atoms with E-state index in [1.165, 1.54) is 6.07 Å². The average Bonchev–Trinajstić information content (AvgIpc) is 2.32. The summed E-state index contributed by atoms with van der Waals surface area (Å²) < 4.78 is 13.3. The summed E-state index contributed by atoms with van der Waals surface area (Å²) in [5.41, 5.74) is 0.285. The Kier molecular flexibility index (Phi) is 5.07. The van der Waals surface area contributed by atoms with E-state index in [-0.39, 0.29) is 17.5 Å². The summed E-state index contributed by atoms with van der Waals surface area (Å²) in [6.07, 6.45) is 1.11. The number of rotatable bonds is 5. The molecule has 4 nitrogen and oxygen atoms in total. The number of carbonyl (C=O) groups excluding carboxylic acids is 1. The first-order valence-electron chi connectivity index (χ1n) is 6.21. The Morgan fingerprint density at radius 2 is 2.17 bits per heavy atom. The number of hydrogen-bond acceptors (Lipinski definition) is 3. The third kappa shape index (κ3) is 3.18. The maximum absolute atomic E-state index is 13.3. The van der Waals surface area contributed by atoms with Gasteiger partial charge in [0.05, 0.1) is 11.8 Å². The van der Waals surface area contributed by atoms with Gasteiger partial charge >= 0.3 is 0 Å². The molecule has 0 atom stereocenters. The third-order valence-corrected chi connectivity index (χ3v) is 2.65. The maximum Gasteiger partial charge on any atom is 0.257 e. The lowest BCUT2D eigenvalue weighted by atomic mass is 10.2. The number of carbonyl (C=O) groups is 1. The van der Waals surface area contributed by atoms with Crippen LogP contribution in [0.2, 0.25) is 0 Å². The molecule has 0 aliphatic carbocycles. The van der Waals surface area contributed by atoms with Crippen molar-refractivity contribution >= 4 is 11.7 Å². The lowest BCUT2D eigenvalue weighted by Gasteiger charge is -2.26. The van der Waals surface area contributed by atoms with E-state index in [9.17, 15) is 9.18 Å². The molecular formula is C13H20FN3O. The van der Waals surface area contributed by atoms with Crippen LogP contribution in [0.5, 0.6) is 0 Å². The van der Waals surface area contributed by atoms with Crippen LogP contribution >= 0.6 is 0 Å². The van der Waals surface area contributed by atoms with Crippen molar-refractivity contribution in [3.63, 3.8) is 0 Å². The van der Waals surface area contributed by atoms with E-state index in [0.717, 1.165) is 6.20 Å². The maximum atomic E-state index is 13.3. The lowest BCUT2D eigenvalue weighted by molar-refractivity contribution is 0.0717. The van der Waals surface area contributed by atoms with Gasteiger partial charge in [0.2, 0.25) is 0 Å². The number of halogens is 1. The van der Waals surface area contributed by atoms with Crippen molar-refractivity contribution in [1.29, 1.82) is 0 Å². The summed E-state index contributed by atoms with van der Waals surface area (Å²) in [7, 11) is 0. The summed E-state index contributed by atoms with van der Waals surface area (Å²) in [5, 5.41) is 2.98. The molecule has 1 heterocycles. The molecule has 1 aromatic rings. The fraction of sp³-hybridized carbons (Fsp3) is 0.538. The van der Waals surface area contributed by atoms with E-state index in [1.54, 1.807) is 4.90 Å². The van der Waals surface area contributed by atoms with Crippen molar-refractivity contribution in [3.8, 4) is 0 Å². The van der Waals surface area contributed by atoms with Crippen molar-refractivity contribution in [3.05, 3.63) is 23.6 Å². The highest BCUT2D eigenvalue weighted by molar-refractivity contribution is 5.98. The molecule has 0 bridgehead atoms. The highest BCUT2D eigenvalue weighted by Crippen LogP contribution is 2.17. The van der Waals surface area contributed by atoms with E-state index in [1.807, 2.05) is 27.7 Å². The number of hydrogen-bond donors (Lipinski definition) is 1. The summed E-state index contributed by atoms with van der Waals surface area (Å²) in [6, 6.07) is 1.30.